The van der Waals surface area contributed by atoms with Crippen LogP contribution >= 0.6 is 0 Å². The van der Waals surface area contributed by atoms with Crippen molar-refractivity contribution in [2.75, 3.05) is 0 Å². The molecule has 35 heavy (non-hydrogen) atoms. The molecule has 0 aliphatic carbocycles. The van der Waals surface area contributed by atoms with E-state index in [-0.39, 0.29) is 20.4 Å². The van der Waals surface area contributed by atoms with Crippen LogP contribution in [0.1, 0.15) is 115 Å². The molecule has 0 aromatic heterocycles. The van der Waals surface area contributed by atoms with Crippen molar-refractivity contribution in [2.24, 2.45) is 9.98 Å². The first-order valence-electron chi connectivity index (χ1n) is 14.0. The van der Waals surface area contributed by atoms with Gasteiger partial charge >= 0.3 is 0 Å². The maximum atomic E-state index is 5.29. The molecule has 2 nitrogen and oxygen atoms in total. The molecule has 0 saturated carbocycles. The van der Waals surface area contributed by atoms with Crippen LogP contribution in [0.4, 0.5) is 11.4 Å². The first kappa shape index (κ1) is 31.5. The Balaban J connectivity index is 0.00000612. The van der Waals surface area contributed by atoms with Gasteiger partial charge in [-0.3, -0.25) is 9.98 Å². The third-order valence-electron chi connectivity index (χ3n) is 6.60. The Morgan fingerprint density at radius 3 is 1.20 bits per heavy atom. The number of hydrogen-bond donors (Lipinski definition) is 0. The number of benzene rings is 2. The third kappa shape index (κ3) is 10.9. The summed E-state index contributed by atoms with van der Waals surface area (Å²) in [7, 11) is 0. The van der Waals surface area contributed by atoms with Crippen molar-refractivity contribution >= 4 is 22.8 Å². The second kappa shape index (κ2) is 17.8. The van der Waals surface area contributed by atoms with Gasteiger partial charge in [-0.1, -0.05) is 79.4 Å². The van der Waals surface area contributed by atoms with Crippen molar-refractivity contribution in [1.82, 2.24) is 0 Å². The van der Waals surface area contributed by atoms with Crippen LogP contribution in [0.2, 0.25) is 0 Å². The maximum absolute atomic E-state index is 5.29. The van der Waals surface area contributed by atoms with Gasteiger partial charge in [-0.15, -0.1) is 0 Å². The molecule has 0 amide bonds. The summed E-state index contributed by atoms with van der Waals surface area (Å²) in [6, 6.07) is 13.7. The van der Waals surface area contributed by atoms with Gasteiger partial charge in [0.25, 0.3) is 0 Å². The Morgan fingerprint density at radius 1 is 0.486 bits per heavy atom. The fourth-order valence-electron chi connectivity index (χ4n) is 4.34. The third-order valence-corrected chi connectivity index (χ3v) is 6.60. The Labute approximate surface area is 229 Å². The average molecular weight is 567 g/mol. The average Bonchev–Trinajstić information content (AvgIpc) is 2.87. The van der Waals surface area contributed by atoms with Gasteiger partial charge in [-0.25, -0.2) is 0 Å². The van der Waals surface area contributed by atoms with Crippen LogP contribution < -0.4 is 0 Å². The molecule has 0 heterocycles. The van der Waals surface area contributed by atoms with Crippen molar-refractivity contribution in [2.45, 2.75) is 119 Å². The number of unbranched alkanes of at least 4 members (excludes halogenated alkanes) is 4. The van der Waals surface area contributed by atoms with Gasteiger partial charge in [0, 0.05) is 20.4 Å². The summed E-state index contributed by atoms with van der Waals surface area (Å²) in [6.45, 7) is 13.5. The molecule has 2 rings (SSSR count). The van der Waals surface area contributed by atoms with Gasteiger partial charge in [-0.2, -0.15) is 0 Å². The molecule has 0 unspecified atom stereocenters. The van der Waals surface area contributed by atoms with Crippen molar-refractivity contribution in [3.8, 4) is 0 Å². The molecule has 0 saturated heterocycles. The number of aryl methyl sites for hydroxylation is 4. The van der Waals surface area contributed by atoms with Crippen LogP contribution in [0.5, 0.6) is 0 Å². The summed E-state index contributed by atoms with van der Waals surface area (Å²) in [4.78, 5) is 10.6. The zero-order valence-corrected chi connectivity index (χ0v) is 24.7. The van der Waals surface area contributed by atoms with Gasteiger partial charge in [0.1, 0.15) is 0 Å². The van der Waals surface area contributed by atoms with E-state index in [1.165, 1.54) is 65.8 Å². The quantitative estimate of drug-likeness (QED) is 0.116. The monoisotopic (exact) mass is 566 g/mol. The van der Waals surface area contributed by atoms with Crippen LogP contribution in [0.25, 0.3) is 0 Å². The van der Waals surface area contributed by atoms with E-state index in [2.05, 4.69) is 77.9 Å². The largest absolute Gasteiger partial charge is 0.252 e. The minimum atomic E-state index is 0. The van der Waals surface area contributed by atoms with E-state index >= 15 is 0 Å². The zero-order valence-electron chi connectivity index (χ0n) is 23.2. The molecule has 3 heteroatoms. The molecule has 0 fully saturated rings. The smallest absolute Gasteiger partial charge is 0.0639 e. The fourth-order valence-corrected chi connectivity index (χ4v) is 4.34. The fraction of sp³-hybridized carbons (Fsp3) is 0.562. The summed E-state index contributed by atoms with van der Waals surface area (Å²) < 4.78 is 0. The van der Waals surface area contributed by atoms with E-state index in [4.69, 9.17) is 9.98 Å². The molecule has 0 N–H and O–H groups in total. The van der Waals surface area contributed by atoms with E-state index in [1.807, 2.05) is 0 Å². The van der Waals surface area contributed by atoms with E-state index in [0.29, 0.717) is 0 Å². The summed E-state index contributed by atoms with van der Waals surface area (Å²) >= 11 is 0. The number of hydrogen-bond acceptors (Lipinski definition) is 2. The number of aliphatic imine (C=N–C) groups is 2. The van der Waals surface area contributed by atoms with Crippen molar-refractivity contribution in [3.63, 3.8) is 0 Å². The van der Waals surface area contributed by atoms with Crippen molar-refractivity contribution in [3.05, 3.63) is 58.7 Å². The SMILES string of the molecule is CCCCCCC(=N\c1cc(CC)cc(CC)c1)/C(CCCC)=N/c1cc(CC)cc(CC)c1.[Pd]. The number of nitrogens with zero attached hydrogens (tertiary/aromatic N) is 2. The topological polar surface area (TPSA) is 24.7 Å². The predicted molar refractivity (Wildman–Crippen MR) is 153 cm³/mol. The summed E-state index contributed by atoms with van der Waals surface area (Å²) in [6.07, 6.45) is 13.5. The van der Waals surface area contributed by atoms with Crippen molar-refractivity contribution < 1.29 is 20.4 Å². The van der Waals surface area contributed by atoms with Crippen LogP contribution in [0.15, 0.2) is 46.4 Å². The van der Waals surface area contributed by atoms with Gasteiger partial charge < -0.3 is 0 Å². The van der Waals surface area contributed by atoms with Gasteiger partial charge in [0.15, 0.2) is 0 Å². The predicted octanol–water partition coefficient (Wildman–Crippen LogP) is 9.94. The molecular weight excluding hydrogens is 519 g/mol. The van der Waals surface area contributed by atoms with E-state index in [0.717, 1.165) is 56.3 Å². The maximum Gasteiger partial charge on any atom is 0.0639 e. The van der Waals surface area contributed by atoms with Crippen LogP contribution in [-0.2, 0) is 46.1 Å². The molecule has 2 aromatic rings. The Kier molecular flexibility index (Phi) is 16.0. The second-order valence-corrected chi connectivity index (χ2v) is 9.46. The molecule has 0 aliphatic heterocycles. The summed E-state index contributed by atoms with van der Waals surface area (Å²) in [5.74, 6) is 0. The van der Waals surface area contributed by atoms with Gasteiger partial charge in [0.2, 0.25) is 0 Å². The first-order valence-corrected chi connectivity index (χ1v) is 14.0. The first-order chi connectivity index (χ1) is 16.6. The molecule has 0 atom stereocenters. The Bertz CT molecular complexity index is 898. The number of rotatable bonds is 15. The molecule has 2 aromatic carbocycles. The molecule has 0 radical (unpaired) electrons. The second-order valence-electron chi connectivity index (χ2n) is 9.46. The molecule has 0 bridgehead atoms. The van der Waals surface area contributed by atoms with E-state index in [9.17, 15) is 0 Å². The molecule has 0 aliphatic rings. The minimum Gasteiger partial charge on any atom is -0.252 e. The van der Waals surface area contributed by atoms with Crippen LogP contribution in [-0.4, -0.2) is 11.4 Å². The summed E-state index contributed by atoms with van der Waals surface area (Å²) in [5.41, 5.74) is 10.1. The van der Waals surface area contributed by atoms with Gasteiger partial charge in [-0.05, 0) is 97.9 Å². The van der Waals surface area contributed by atoms with Gasteiger partial charge in [0.05, 0.1) is 22.8 Å². The van der Waals surface area contributed by atoms with Crippen molar-refractivity contribution in [1.29, 1.82) is 0 Å². The minimum absolute atomic E-state index is 0. The van der Waals surface area contributed by atoms with Crippen LogP contribution in [0, 0.1) is 0 Å². The Morgan fingerprint density at radius 2 is 0.857 bits per heavy atom. The standard InChI is InChI=1S/C32H48N2.Pd/c1-7-13-15-16-18-32(34-30-23-27(11-5)20-28(12-6)24-30)31(17-14-8-2)33-29-21-25(9-3)19-26(10-4)22-29;/h19-24H,7-18H2,1-6H3;/b33-31+,34-32+;. The molecule has 0 spiro atoms. The molecule has 196 valence electrons. The van der Waals surface area contributed by atoms with Crippen LogP contribution in [0.3, 0.4) is 0 Å². The normalized spacial score (nSPS) is 12.1. The van der Waals surface area contributed by atoms with E-state index < -0.39 is 0 Å². The summed E-state index contributed by atoms with van der Waals surface area (Å²) in [5, 5.41) is 0. The molecular formula is C32H48N2Pd. The van der Waals surface area contributed by atoms with E-state index in [1.54, 1.807) is 0 Å². The zero-order chi connectivity index (χ0) is 24.8. The Hall–Kier alpha value is -1.56.